The van der Waals surface area contributed by atoms with Gasteiger partial charge in [-0.25, -0.2) is 0 Å². The van der Waals surface area contributed by atoms with Gasteiger partial charge in [-0.3, -0.25) is 4.79 Å². The fraction of sp³-hybridized carbons (Fsp3) is 0.270. The van der Waals surface area contributed by atoms with Crippen LogP contribution in [0.2, 0.25) is 0 Å². The molecule has 0 radical (unpaired) electrons. The second kappa shape index (κ2) is 12.1. The Labute approximate surface area is 263 Å². The van der Waals surface area contributed by atoms with Crippen LogP contribution in [0, 0.1) is 0 Å². The molecule has 0 saturated carbocycles. The van der Waals surface area contributed by atoms with Crippen LogP contribution in [-0.4, -0.2) is 52.9 Å². The van der Waals surface area contributed by atoms with Crippen molar-refractivity contribution in [1.82, 2.24) is 4.90 Å². The molecule has 0 fully saturated rings. The molecular weight excluding hydrogens is 568 g/mol. The van der Waals surface area contributed by atoms with Gasteiger partial charge in [0.15, 0.2) is 23.0 Å². The molecule has 8 heteroatoms. The van der Waals surface area contributed by atoms with E-state index in [1.54, 1.807) is 35.5 Å². The van der Waals surface area contributed by atoms with Crippen molar-refractivity contribution in [3.05, 3.63) is 95.1 Å². The van der Waals surface area contributed by atoms with E-state index in [1.807, 2.05) is 78.6 Å². The lowest BCUT2D eigenvalue weighted by molar-refractivity contribution is -0.134. The highest BCUT2D eigenvalue weighted by Crippen LogP contribution is 2.47. The van der Waals surface area contributed by atoms with Crippen molar-refractivity contribution in [3.63, 3.8) is 0 Å². The lowest BCUT2D eigenvalue weighted by atomic mass is 9.83. The Morgan fingerprint density at radius 3 is 2.04 bits per heavy atom. The average Bonchev–Trinajstić information content (AvgIpc) is 3.08. The fourth-order valence-corrected chi connectivity index (χ4v) is 6.64. The van der Waals surface area contributed by atoms with Crippen molar-refractivity contribution in [1.29, 1.82) is 0 Å². The van der Waals surface area contributed by atoms with Gasteiger partial charge in [-0.1, -0.05) is 24.3 Å². The summed E-state index contributed by atoms with van der Waals surface area (Å²) in [6.45, 7) is 2.44. The maximum Gasteiger partial charge on any atom is 0.230 e. The molecule has 2 atom stereocenters. The van der Waals surface area contributed by atoms with Gasteiger partial charge < -0.3 is 34.3 Å². The predicted molar refractivity (Wildman–Crippen MR) is 177 cm³/mol. The lowest BCUT2D eigenvalue weighted by Crippen LogP contribution is -2.42. The lowest BCUT2D eigenvalue weighted by Gasteiger charge is -2.40. The van der Waals surface area contributed by atoms with E-state index in [4.69, 9.17) is 29.4 Å². The summed E-state index contributed by atoms with van der Waals surface area (Å²) in [5.74, 6) is 2.75. The number of nitrogens with two attached hydrogens (primary N) is 1. The maximum absolute atomic E-state index is 14.6. The minimum absolute atomic E-state index is 0.0122. The number of nitrogen functional groups attached to an aromatic ring is 1. The van der Waals surface area contributed by atoms with E-state index in [-0.39, 0.29) is 5.91 Å². The van der Waals surface area contributed by atoms with Crippen molar-refractivity contribution in [2.45, 2.75) is 25.3 Å². The number of benzene rings is 5. The third kappa shape index (κ3) is 5.10. The van der Waals surface area contributed by atoms with Crippen LogP contribution < -0.4 is 29.4 Å². The first-order chi connectivity index (χ1) is 21.8. The van der Waals surface area contributed by atoms with E-state index >= 15 is 0 Å². The van der Waals surface area contributed by atoms with Gasteiger partial charge in [0, 0.05) is 12.2 Å². The first-order valence-electron chi connectivity index (χ1n) is 14.9. The van der Waals surface area contributed by atoms with E-state index in [9.17, 15) is 4.79 Å². The quantitative estimate of drug-likeness (QED) is 0.152. The molecule has 0 bridgehead atoms. The largest absolute Gasteiger partial charge is 0.497 e. The number of methoxy groups -OCH3 is 5. The van der Waals surface area contributed by atoms with Gasteiger partial charge in [-0.2, -0.15) is 0 Å². The Morgan fingerprint density at radius 1 is 0.733 bits per heavy atom. The summed E-state index contributed by atoms with van der Waals surface area (Å²) in [7, 11) is 8.18. The minimum Gasteiger partial charge on any atom is -0.497 e. The SMILES string of the molecule is COc1ccc2cc(C3c4cc(OC)c(OC)cc4CCN3C(=O)[C@H](C)c3ccccc3N)c3cc(OC)c(OC)cc3c2c1. The van der Waals surface area contributed by atoms with Gasteiger partial charge in [0.25, 0.3) is 0 Å². The topological polar surface area (TPSA) is 92.5 Å². The number of carbonyl (C=O) groups excluding carboxylic acids is 1. The van der Waals surface area contributed by atoms with Gasteiger partial charge in [0.1, 0.15) is 5.75 Å². The van der Waals surface area contributed by atoms with Crippen LogP contribution in [0.25, 0.3) is 21.5 Å². The number of ether oxygens (including phenoxy) is 5. The molecule has 1 unspecified atom stereocenters. The van der Waals surface area contributed by atoms with Gasteiger partial charge in [0.2, 0.25) is 5.91 Å². The summed E-state index contributed by atoms with van der Waals surface area (Å²) >= 11 is 0. The van der Waals surface area contributed by atoms with E-state index in [0.29, 0.717) is 41.7 Å². The van der Waals surface area contributed by atoms with Crippen LogP contribution in [0.5, 0.6) is 28.7 Å². The Kier molecular flexibility index (Phi) is 8.06. The van der Waals surface area contributed by atoms with Crippen molar-refractivity contribution in [2.75, 3.05) is 47.8 Å². The average molecular weight is 607 g/mol. The molecule has 6 rings (SSSR count). The zero-order valence-electron chi connectivity index (χ0n) is 26.5. The maximum atomic E-state index is 14.6. The Morgan fingerprint density at radius 2 is 1.38 bits per heavy atom. The normalized spacial score (nSPS) is 15.0. The molecule has 0 aromatic heterocycles. The van der Waals surface area contributed by atoms with E-state index in [2.05, 4.69) is 6.07 Å². The van der Waals surface area contributed by atoms with Crippen LogP contribution in [0.15, 0.2) is 72.8 Å². The standard InChI is InChI=1S/C37H38N2O6/c1-21(25-9-7-8-10-31(25)38)37(40)39-14-13-23-16-32(42-3)33(43-4)18-27(23)36(39)30-15-22-11-12-24(41-2)17-26(22)28-19-34(44-5)35(45-6)20-29(28)30/h7-12,15-21,36H,13-14,38H2,1-6H3/t21-,36?/m1/s1. The smallest absolute Gasteiger partial charge is 0.230 e. The summed E-state index contributed by atoms with van der Waals surface area (Å²) in [5, 5.41) is 3.90. The van der Waals surface area contributed by atoms with Crippen LogP contribution in [-0.2, 0) is 11.2 Å². The first kappa shape index (κ1) is 29.9. The van der Waals surface area contributed by atoms with E-state index in [1.165, 1.54) is 0 Å². The number of carbonyl (C=O) groups is 1. The van der Waals surface area contributed by atoms with Crippen LogP contribution >= 0.6 is 0 Å². The summed E-state index contributed by atoms with van der Waals surface area (Å²) in [6.07, 6.45) is 0.661. The molecule has 8 nitrogen and oxygen atoms in total. The highest BCUT2D eigenvalue weighted by molar-refractivity contribution is 6.11. The molecule has 232 valence electrons. The molecule has 1 amide bonds. The molecule has 1 aliphatic heterocycles. The van der Waals surface area contributed by atoms with E-state index in [0.717, 1.165) is 49.5 Å². The molecular formula is C37H38N2O6. The number of hydrogen-bond acceptors (Lipinski definition) is 7. The van der Waals surface area contributed by atoms with Gasteiger partial charge in [-0.15, -0.1) is 0 Å². The van der Waals surface area contributed by atoms with Crippen LogP contribution in [0.4, 0.5) is 5.69 Å². The number of amides is 1. The zero-order chi connectivity index (χ0) is 31.8. The Bertz CT molecular complexity index is 1920. The first-order valence-corrected chi connectivity index (χ1v) is 14.9. The number of nitrogens with zero attached hydrogens (tertiary/aromatic N) is 1. The Hall–Kier alpha value is -5.11. The van der Waals surface area contributed by atoms with Crippen molar-refractivity contribution >= 4 is 33.1 Å². The highest BCUT2D eigenvalue weighted by Gasteiger charge is 2.37. The van der Waals surface area contributed by atoms with Crippen molar-refractivity contribution < 1.29 is 28.5 Å². The van der Waals surface area contributed by atoms with Crippen molar-refractivity contribution in [3.8, 4) is 28.7 Å². The predicted octanol–water partition coefficient (Wildman–Crippen LogP) is 6.90. The summed E-state index contributed by atoms with van der Waals surface area (Å²) in [6, 6.07) is 23.3. The number of anilines is 1. The molecule has 1 heterocycles. The minimum atomic E-state index is -0.457. The monoisotopic (exact) mass is 606 g/mol. The molecule has 0 aliphatic carbocycles. The summed E-state index contributed by atoms with van der Waals surface area (Å²) in [5.41, 5.74) is 10.8. The highest BCUT2D eigenvalue weighted by atomic mass is 16.5. The number of para-hydroxylation sites is 1. The number of fused-ring (bicyclic) bond motifs is 4. The molecule has 5 aromatic rings. The third-order valence-electron chi connectivity index (χ3n) is 8.98. The number of hydrogen-bond donors (Lipinski definition) is 1. The summed E-state index contributed by atoms with van der Waals surface area (Å²) in [4.78, 5) is 16.6. The molecule has 5 aromatic carbocycles. The second-order valence-electron chi connectivity index (χ2n) is 11.2. The zero-order valence-corrected chi connectivity index (χ0v) is 26.5. The van der Waals surface area contributed by atoms with Gasteiger partial charge in [0.05, 0.1) is 47.5 Å². The van der Waals surface area contributed by atoms with Crippen LogP contribution in [0.3, 0.4) is 0 Å². The fourth-order valence-electron chi connectivity index (χ4n) is 6.64. The van der Waals surface area contributed by atoms with E-state index < -0.39 is 12.0 Å². The third-order valence-corrected chi connectivity index (χ3v) is 8.98. The van der Waals surface area contributed by atoms with Crippen LogP contribution in [0.1, 0.15) is 41.1 Å². The molecule has 0 spiro atoms. The molecule has 2 N–H and O–H groups in total. The molecule has 1 aliphatic rings. The van der Waals surface area contributed by atoms with Crippen molar-refractivity contribution in [2.24, 2.45) is 0 Å². The second-order valence-corrected chi connectivity index (χ2v) is 11.2. The summed E-state index contributed by atoms with van der Waals surface area (Å²) < 4.78 is 28.6. The number of rotatable bonds is 8. The Balaban J connectivity index is 1.66. The molecule has 45 heavy (non-hydrogen) atoms. The molecule has 0 saturated heterocycles. The van der Waals surface area contributed by atoms with Gasteiger partial charge >= 0.3 is 0 Å². The van der Waals surface area contributed by atoms with Gasteiger partial charge in [-0.05, 0) is 106 Å².